The van der Waals surface area contributed by atoms with E-state index < -0.39 is 6.04 Å². The first-order valence-electron chi connectivity index (χ1n) is 8.98. The largest absolute Gasteiger partial charge is 0.354 e. The molecule has 26 heavy (non-hydrogen) atoms. The number of rotatable bonds is 7. The number of aromatic nitrogens is 4. The highest BCUT2D eigenvalue weighted by molar-refractivity contribution is 5.85. The van der Waals surface area contributed by atoms with E-state index in [1.54, 1.807) is 0 Å². The average molecular weight is 379 g/mol. The topological polar surface area (TPSA) is 84.7 Å². The molecule has 1 aromatic heterocycles. The fourth-order valence-corrected chi connectivity index (χ4v) is 3.18. The van der Waals surface area contributed by atoms with Crippen LogP contribution < -0.4 is 10.6 Å². The van der Waals surface area contributed by atoms with Crippen molar-refractivity contribution in [1.29, 1.82) is 0 Å². The zero-order valence-electron chi connectivity index (χ0n) is 15.3. The lowest BCUT2D eigenvalue weighted by Crippen LogP contribution is -2.37. The molecule has 2 unspecified atom stereocenters. The van der Waals surface area contributed by atoms with E-state index in [-0.39, 0.29) is 24.2 Å². The van der Waals surface area contributed by atoms with Crippen LogP contribution in [0, 0.1) is 11.8 Å². The third-order valence-corrected chi connectivity index (χ3v) is 4.62. The maximum absolute atomic E-state index is 12.6. The van der Waals surface area contributed by atoms with E-state index in [1.807, 2.05) is 44.2 Å². The maximum atomic E-state index is 12.6. The minimum atomic E-state index is -0.452. The van der Waals surface area contributed by atoms with Gasteiger partial charge in [0.25, 0.3) is 0 Å². The molecular weight excluding hydrogens is 352 g/mol. The van der Waals surface area contributed by atoms with Gasteiger partial charge in [-0.25, -0.2) is 0 Å². The van der Waals surface area contributed by atoms with E-state index in [0.29, 0.717) is 18.3 Å². The zero-order valence-corrected chi connectivity index (χ0v) is 16.1. The van der Waals surface area contributed by atoms with Crippen LogP contribution >= 0.6 is 12.4 Å². The van der Waals surface area contributed by atoms with Crippen LogP contribution in [0.3, 0.4) is 0 Å². The van der Waals surface area contributed by atoms with Crippen LogP contribution in [-0.2, 0) is 4.79 Å². The van der Waals surface area contributed by atoms with E-state index >= 15 is 0 Å². The number of tetrazole rings is 1. The minimum Gasteiger partial charge on any atom is -0.354 e. The van der Waals surface area contributed by atoms with Crippen molar-refractivity contribution in [1.82, 2.24) is 30.8 Å². The number of hydrogen-bond donors (Lipinski definition) is 2. The molecule has 0 radical (unpaired) electrons. The lowest BCUT2D eigenvalue weighted by Gasteiger charge is -2.19. The molecule has 2 aromatic rings. The van der Waals surface area contributed by atoms with Gasteiger partial charge < -0.3 is 10.6 Å². The maximum Gasteiger partial charge on any atom is 0.247 e. The summed E-state index contributed by atoms with van der Waals surface area (Å²) in [6, 6.07) is 9.22. The highest BCUT2D eigenvalue weighted by Gasteiger charge is 2.27. The molecular formula is C18H27ClN6O. The summed E-state index contributed by atoms with van der Waals surface area (Å²) in [6.07, 6.45) is 2.19. The van der Waals surface area contributed by atoms with Gasteiger partial charge in [-0.2, -0.15) is 4.80 Å². The second-order valence-electron chi connectivity index (χ2n) is 6.93. The Labute approximate surface area is 160 Å². The predicted octanol–water partition coefficient (Wildman–Crippen LogP) is 2.07. The van der Waals surface area contributed by atoms with Crippen LogP contribution in [0.25, 0.3) is 11.4 Å². The number of nitrogens with zero attached hydrogens (tertiary/aromatic N) is 4. The molecule has 2 N–H and O–H groups in total. The average Bonchev–Trinajstić information content (AvgIpc) is 3.28. The first kappa shape index (κ1) is 20.3. The van der Waals surface area contributed by atoms with Crippen molar-refractivity contribution in [2.75, 3.05) is 19.6 Å². The van der Waals surface area contributed by atoms with Gasteiger partial charge in [-0.1, -0.05) is 44.2 Å². The molecule has 1 aromatic carbocycles. The summed E-state index contributed by atoms with van der Waals surface area (Å²) in [5.74, 6) is 1.23. The fourth-order valence-electron chi connectivity index (χ4n) is 3.18. The number of carbonyl (C=O) groups excluding carboxylic acids is 1. The van der Waals surface area contributed by atoms with Crippen LogP contribution in [0.5, 0.6) is 0 Å². The number of carbonyl (C=O) groups is 1. The number of benzene rings is 1. The first-order chi connectivity index (χ1) is 12.1. The van der Waals surface area contributed by atoms with Crippen molar-refractivity contribution in [3.05, 3.63) is 30.3 Å². The molecule has 3 rings (SSSR count). The molecule has 1 aliphatic heterocycles. The summed E-state index contributed by atoms with van der Waals surface area (Å²) in [5.41, 5.74) is 0.894. The number of nitrogens with one attached hydrogen (secondary N) is 2. The van der Waals surface area contributed by atoms with Crippen molar-refractivity contribution in [3.63, 3.8) is 0 Å². The first-order valence-corrected chi connectivity index (χ1v) is 8.98. The van der Waals surface area contributed by atoms with Crippen LogP contribution in [-0.4, -0.2) is 45.7 Å². The Morgan fingerprint density at radius 3 is 2.77 bits per heavy atom. The number of halogens is 1. The Balaban J connectivity index is 0.00000243. The Bertz CT molecular complexity index is 684. The highest BCUT2D eigenvalue weighted by Crippen LogP contribution is 2.19. The third kappa shape index (κ3) is 5.02. The van der Waals surface area contributed by atoms with E-state index in [9.17, 15) is 4.79 Å². The van der Waals surface area contributed by atoms with Crippen molar-refractivity contribution >= 4 is 18.3 Å². The molecule has 0 aliphatic carbocycles. The molecule has 0 bridgehead atoms. The monoisotopic (exact) mass is 378 g/mol. The van der Waals surface area contributed by atoms with Crippen LogP contribution in [0.1, 0.15) is 32.7 Å². The number of hydrogen-bond acceptors (Lipinski definition) is 5. The lowest BCUT2D eigenvalue weighted by atomic mass is 10.0. The van der Waals surface area contributed by atoms with Gasteiger partial charge in [0.15, 0.2) is 6.04 Å². The van der Waals surface area contributed by atoms with Gasteiger partial charge in [-0.3, -0.25) is 4.79 Å². The lowest BCUT2D eigenvalue weighted by molar-refractivity contribution is -0.126. The van der Waals surface area contributed by atoms with Gasteiger partial charge in [0.1, 0.15) is 0 Å². The molecule has 1 amide bonds. The van der Waals surface area contributed by atoms with Crippen LogP contribution in [0.4, 0.5) is 0 Å². The third-order valence-electron chi connectivity index (χ3n) is 4.62. The normalized spacial score (nSPS) is 17.7. The predicted molar refractivity (Wildman–Crippen MR) is 103 cm³/mol. The molecule has 2 atom stereocenters. The van der Waals surface area contributed by atoms with Gasteiger partial charge in [0, 0.05) is 12.1 Å². The summed E-state index contributed by atoms with van der Waals surface area (Å²) in [5, 5.41) is 19.1. The minimum absolute atomic E-state index is 0. The highest BCUT2D eigenvalue weighted by atomic mass is 35.5. The summed E-state index contributed by atoms with van der Waals surface area (Å²) in [7, 11) is 0. The van der Waals surface area contributed by atoms with E-state index in [0.717, 1.165) is 25.1 Å². The Morgan fingerprint density at radius 1 is 1.35 bits per heavy atom. The van der Waals surface area contributed by atoms with Crippen LogP contribution in [0.15, 0.2) is 30.3 Å². The van der Waals surface area contributed by atoms with Crippen molar-refractivity contribution in [2.24, 2.45) is 11.8 Å². The van der Waals surface area contributed by atoms with E-state index in [1.165, 1.54) is 11.2 Å². The SMILES string of the molecule is CC(C)C(C(=O)NCCC1CCNC1)n1nnc(-c2ccccc2)n1.Cl. The Morgan fingerprint density at radius 2 is 2.12 bits per heavy atom. The quantitative estimate of drug-likeness (QED) is 0.770. The van der Waals surface area contributed by atoms with Gasteiger partial charge in [0.2, 0.25) is 11.7 Å². The Hall–Kier alpha value is -1.99. The molecule has 2 heterocycles. The molecule has 1 saturated heterocycles. The summed E-state index contributed by atoms with van der Waals surface area (Å²) in [6.45, 7) is 6.81. The smallest absolute Gasteiger partial charge is 0.247 e. The molecule has 1 aliphatic rings. The molecule has 0 saturated carbocycles. The number of amides is 1. The summed E-state index contributed by atoms with van der Waals surface area (Å²) >= 11 is 0. The van der Waals surface area contributed by atoms with Crippen molar-refractivity contribution in [2.45, 2.75) is 32.7 Å². The van der Waals surface area contributed by atoms with Crippen LogP contribution in [0.2, 0.25) is 0 Å². The second-order valence-corrected chi connectivity index (χ2v) is 6.93. The van der Waals surface area contributed by atoms with Gasteiger partial charge in [-0.15, -0.1) is 22.6 Å². The van der Waals surface area contributed by atoms with Gasteiger partial charge in [-0.05, 0) is 43.0 Å². The van der Waals surface area contributed by atoms with Crippen molar-refractivity contribution < 1.29 is 4.79 Å². The molecule has 142 valence electrons. The van der Waals surface area contributed by atoms with Gasteiger partial charge in [0.05, 0.1) is 0 Å². The molecule has 7 nitrogen and oxygen atoms in total. The zero-order chi connectivity index (χ0) is 17.6. The molecule has 8 heteroatoms. The molecule has 0 spiro atoms. The van der Waals surface area contributed by atoms with Gasteiger partial charge >= 0.3 is 0 Å². The summed E-state index contributed by atoms with van der Waals surface area (Å²) < 4.78 is 0. The standard InChI is InChI=1S/C18H26N6O.ClH/c1-13(2)16(18(25)20-11-9-14-8-10-19-12-14)24-22-17(21-23-24)15-6-4-3-5-7-15;/h3-7,13-14,16,19H,8-12H2,1-2H3,(H,20,25);1H. The van der Waals surface area contributed by atoms with Crippen molar-refractivity contribution in [3.8, 4) is 11.4 Å². The van der Waals surface area contributed by atoms with E-state index in [4.69, 9.17) is 0 Å². The van der Waals surface area contributed by atoms with E-state index in [2.05, 4.69) is 26.0 Å². The summed E-state index contributed by atoms with van der Waals surface area (Å²) in [4.78, 5) is 14.1. The second kappa shape index (κ2) is 9.64. The Kier molecular flexibility index (Phi) is 7.53. The molecule has 1 fully saturated rings. The fraction of sp³-hybridized carbons (Fsp3) is 0.556.